The second-order valence-electron chi connectivity index (χ2n) is 3.20. The Morgan fingerprint density at radius 3 is 2.86 bits per heavy atom. The Morgan fingerprint density at radius 2 is 2.21 bits per heavy atom. The summed E-state index contributed by atoms with van der Waals surface area (Å²) in [4.78, 5) is 0. The zero-order valence-electron chi connectivity index (χ0n) is 8.86. The van der Waals surface area contributed by atoms with Crippen molar-refractivity contribution in [1.82, 2.24) is 14.8 Å². The summed E-state index contributed by atoms with van der Waals surface area (Å²) in [5.41, 5.74) is 5.47. The van der Waals surface area contributed by atoms with Gasteiger partial charge in [0.2, 0.25) is 0 Å². The van der Waals surface area contributed by atoms with E-state index >= 15 is 0 Å². The van der Waals surface area contributed by atoms with Crippen molar-refractivity contribution in [3.05, 3.63) is 11.6 Å². The molecule has 0 unspecified atom stereocenters. The normalized spacial score (nSPS) is 10.8. The van der Waals surface area contributed by atoms with Crippen molar-refractivity contribution in [3.63, 3.8) is 0 Å². The van der Waals surface area contributed by atoms with Crippen LogP contribution in [0.25, 0.3) is 0 Å². The lowest BCUT2D eigenvalue weighted by atomic mass is 10.3. The summed E-state index contributed by atoms with van der Waals surface area (Å²) >= 11 is 0. The zero-order chi connectivity index (χ0) is 10.4. The van der Waals surface area contributed by atoms with E-state index in [-0.39, 0.29) is 0 Å². The Hall–Kier alpha value is -0.940. The van der Waals surface area contributed by atoms with Crippen LogP contribution in [-0.4, -0.2) is 35.0 Å². The highest BCUT2D eigenvalue weighted by atomic mass is 16.5. The lowest BCUT2D eigenvalue weighted by Gasteiger charge is -2.06. The molecular formula is C9H18N4O. The summed E-state index contributed by atoms with van der Waals surface area (Å²) in [6.45, 7) is 4.23. The first kappa shape index (κ1) is 11.1. The van der Waals surface area contributed by atoms with Crippen LogP contribution in [0.4, 0.5) is 0 Å². The molecule has 0 bridgehead atoms. The first-order valence-electron chi connectivity index (χ1n) is 4.87. The third kappa shape index (κ3) is 2.78. The molecule has 1 aromatic heterocycles. The Balaban J connectivity index is 2.62. The molecule has 0 amide bonds. The van der Waals surface area contributed by atoms with Gasteiger partial charge < -0.3 is 15.0 Å². The van der Waals surface area contributed by atoms with E-state index < -0.39 is 0 Å². The number of aromatic nitrogens is 3. The number of nitrogens with zero attached hydrogens (tertiary/aromatic N) is 3. The molecule has 5 heteroatoms. The van der Waals surface area contributed by atoms with Crippen molar-refractivity contribution in [3.8, 4) is 0 Å². The molecule has 0 radical (unpaired) electrons. The first-order chi connectivity index (χ1) is 6.79. The van der Waals surface area contributed by atoms with Crippen LogP contribution in [0.1, 0.15) is 18.1 Å². The molecule has 0 fully saturated rings. The van der Waals surface area contributed by atoms with Gasteiger partial charge in [-0.2, -0.15) is 0 Å². The highest BCUT2D eigenvalue weighted by molar-refractivity contribution is 4.94. The van der Waals surface area contributed by atoms with Gasteiger partial charge in [0.15, 0.2) is 0 Å². The van der Waals surface area contributed by atoms with E-state index in [1.54, 1.807) is 7.11 Å². The number of hydrogen-bond acceptors (Lipinski definition) is 4. The standard InChI is InChI=1S/C9H18N4O/c1-8-11-12-9(4-7-14-2)13(8)6-3-5-10/h3-7,10H2,1-2H3. The summed E-state index contributed by atoms with van der Waals surface area (Å²) in [6, 6.07) is 0. The molecule has 0 aliphatic heterocycles. The molecule has 14 heavy (non-hydrogen) atoms. The third-order valence-electron chi connectivity index (χ3n) is 2.13. The third-order valence-corrected chi connectivity index (χ3v) is 2.13. The van der Waals surface area contributed by atoms with Gasteiger partial charge in [-0.15, -0.1) is 10.2 Å². The van der Waals surface area contributed by atoms with Gasteiger partial charge >= 0.3 is 0 Å². The fourth-order valence-electron chi connectivity index (χ4n) is 1.34. The van der Waals surface area contributed by atoms with Crippen LogP contribution in [0.5, 0.6) is 0 Å². The summed E-state index contributed by atoms with van der Waals surface area (Å²) in [5.74, 6) is 1.93. The maximum atomic E-state index is 5.47. The SMILES string of the molecule is COCCc1nnc(C)n1CCCN. The minimum absolute atomic E-state index is 0.681. The van der Waals surface area contributed by atoms with E-state index in [0.717, 1.165) is 31.0 Å². The average molecular weight is 198 g/mol. The summed E-state index contributed by atoms with van der Waals surface area (Å²) in [6.07, 6.45) is 1.76. The molecule has 2 N–H and O–H groups in total. The average Bonchev–Trinajstić information content (AvgIpc) is 2.53. The summed E-state index contributed by atoms with van der Waals surface area (Å²) < 4.78 is 7.11. The predicted molar refractivity (Wildman–Crippen MR) is 54.0 cm³/mol. The van der Waals surface area contributed by atoms with Gasteiger partial charge in [0.1, 0.15) is 11.6 Å². The van der Waals surface area contributed by atoms with Crippen LogP contribution in [-0.2, 0) is 17.7 Å². The van der Waals surface area contributed by atoms with Gasteiger partial charge in [0, 0.05) is 20.1 Å². The molecule has 80 valence electrons. The number of methoxy groups -OCH3 is 1. The minimum Gasteiger partial charge on any atom is -0.384 e. The second-order valence-corrected chi connectivity index (χ2v) is 3.20. The van der Waals surface area contributed by atoms with Crippen molar-refractivity contribution >= 4 is 0 Å². The molecule has 0 aliphatic carbocycles. The quantitative estimate of drug-likeness (QED) is 0.705. The zero-order valence-corrected chi connectivity index (χ0v) is 8.86. The van der Waals surface area contributed by atoms with Gasteiger partial charge in [-0.1, -0.05) is 0 Å². The Labute approximate surface area is 84.3 Å². The predicted octanol–water partition coefficient (Wildman–Crippen LogP) is 0.124. The van der Waals surface area contributed by atoms with Crippen molar-refractivity contribution in [2.45, 2.75) is 26.3 Å². The lowest BCUT2D eigenvalue weighted by Crippen LogP contribution is -2.11. The smallest absolute Gasteiger partial charge is 0.135 e. The van der Waals surface area contributed by atoms with E-state index in [1.807, 2.05) is 6.92 Å². The topological polar surface area (TPSA) is 66.0 Å². The van der Waals surface area contributed by atoms with Crippen molar-refractivity contribution in [2.75, 3.05) is 20.3 Å². The van der Waals surface area contributed by atoms with Gasteiger partial charge in [-0.05, 0) is 19.9 Å². The molecule has 0 aromatic carbocycles. The largest absolute Gasteiger partial charge is 0.384 e. The molecular weight excluding hydrogens is 180 g/mol. The number of aryl methyl sites for hydroxylation is 1. The van der Waals surface area contributed by atoms with Crippen LogP contribution in [0.15, 0.2) is 0 Å². The minimum atomic E-state index is 0.681. The maximum absolute atomic E-state index is 5.47. The molecule has 1 rings (SSSR count). The van der Waals surface area contributed by atoms with Gasteiger partial charge in [-0.25, -0.2) is 0 Å². The monoisotopic (exact) mass is 198 g/mol. The molecule has 0 aliphatic rings. The number of rotatable bonds is 6. The van der Waals surface area contributed by atoms with Crippen LogP contribution in [0.3, 0.4) is 0 Å². The van der Waals surface area contributed by atoms with E-state index in [4.69, 9.17) is 10.5 Å². The highest BCUT2D eigenvalue weighted by Gasteiger charge is 2.07. The van der Waals surface area contributed by atoms with Crippen LogP contribution in [0.2, 0.25) is 0 Å². The van der Waals surface area contributed by atoms with Crippen LogP contribution < -0.4 is 5.73 Å². The molecule has 0 atom stereocenters. The molecule has 1 aromatic rings. The van der Waals surface area contributed by atoms with Crippen LogP contribution >= 0.6 is 0 Å². The second kappa shape index (κ2) is 5.72. The fraction of sp³-hybridized carbons (Fsp3) is 0.778. The Kier molecular flexibility index (Phi) is 4.55. The van der Waals surface area contributed by atoms with E-state index in [2.05, 4.69) is 14.8 Å². The van der Waals surface area contributed by atoms with Gasteiger partial charge in [-0.3, -0.25) is 0 Å². The molecule has 1 heterocycles. The Morgan fingerprint density at radius 1 is 1.43 bits per heavy atom. The lowest BCUT2D eigenvalue weighted by molar-refractivity contribution is 0.199. The molecule has 5 nitrogen and oxygen atoms in total. The highest BCUT2D eigenvalue weighted by Crippen LogP contribution is 2.03. The molecule has 0 spiro atoms. The van der Waals surface area contributed by atoms with Gasteiger partial charge in [0.05, 0.1) is 6.61 Å². The van der Waals surface area contributed by atoms with E-state index in [1.165, 1.54) is 0 Å². The first-order valence-corrected chi connectivity index (χ1v) is 4.87. The fourth-order valence-corrected chi connectivity index (χ4v) is 1.34. The van der Waals surface area contributed by atoms with Crippen molar-refractivity contribution in [2.24, 2.45) is 5.73 Å². The van der Waals surface area contributed by atoms with Crippen LogP contribution in [0, 0.1) is 6.92 Å². The Bertz CT molecular complexity index is 272. The number of nitrogens with two attached hydrogens (primary N) is 1. The molecule has 0 saturated heterocycles. The number of ether oxygens (including phenoxy) is 1. The summed E-state index contributed by atoms with van der Waals surface area (Å²) in [7, 11) is 1.69. The number of hydrogen-bond donors (Lipinski definition) is 1. The van der Waals surface area contributed by atoms with Gasteiger partial charge in [0.25, 0.3) is 0 Å². The van der Waals surface area contributed by atoms with Crippen molar-refractivity contribution in [1.29, 1.82) is 0 Å². The molecule has 0 saturated carbocycles. The van der Waals surface area contributed by atoms with E-state index in [0.29, 0.717) is 13.2 Å². The summed E-state index contributed by atoms with van der Waals surface area (Å²) in [5, 5.41) is 8.14. The van der Waals surface area contributed by atoms with E-state index in [9.17, 15) is 0 Å². The van der Waals surface area contributed by atoms with Crippen molar-refractivity contribution < 1.29 is 4.74 Å². The maximum Gasteiger partial charge on any atom is 0.135 e.